The van der Waals surface area contributed by atoms with Crippen LogP contribution in [0, 0.1) is 5.92 Å². The van der Waals surface area contributed by atoms with E-state index in [4.69, 9.17) is 10.5 Å². The van der Waals surface area contributed by atoms with Gasteiger partial charge in [0.2, 0.25) is 0 Å². The topological polar surface area (TPSA) is 62.9 Å². The van der Waals surface area contributed by atoms with E-state index in [1.165, 1.54) is 19.3 Å². The molecule has 0 aromatic heterocycles. The van der Waals surface area contributed by atoms with E-state index in [2.05, 4.69) is 22.3 Å². The van der Waals surface area contributed by atoms with Crippen LogP contribution in [0.4, 0.5) is 0 Å². The summed E-state index contributed by atoms with van der Waals surface area (Å²) in [7, 11) is 3.79. The zero-order valence-electron chi connectivity index (χ0n) is 11.1. The van der Waals surface area contributed by atoms with Gasteiger partial charge in [0, 0.05) is 33.3 Å². The lowest BCUT2D eigenvalue weighted by atomic mass is 9.86. The molecule has 1 fully saturated rings. The van der Waals surface area contributed by atoms with Crippen LogP contribution in [0.15, 0.2) is 4.99 Å². The summed E-state index contributed by atoms with van der Waals surface area (Å²) in [5, 5.41) is 3.14. The molecule has 0 atom stereocenters. The first-order valence-electron chi connectivity index (χ1n) is 6.43. The molecule has 0 aliphatic heterocycles. The molecule has 0 saturated heterocycles. The highest BCUT2D eigenvalue weighted by molar-refractivity contribution is 5.77. The van der Waals surface area contributed by atoms with Crippen molar-refractivity contribution < 1.29 is 4.74 Å². The Morgan fingerprint density at radius 2 is 2.24 bits per heavy atom. The summed E-state index contributed by atoms with van der Waals surface area (Å²) in [6, 6.07) is 0. The maximum absolute atomic E-state index is 5.78. The summed E-state index contributed by atoms with van der Waals surface area (Å²) in [5.74, 6) is 1.36. The van der Waals surface area contributed by atoms with Crippen LogP contribution < -0.4 is 11.1 Å². The first-order valence-corrected chi connectivity index (χ1v) is 6.43. The lowest BCUT2D eigenvalue weighted by Crippen LogP contribution is -2.38. The van der Waals surface area contributed by atoms with Crippen LogP contribution in [0.2, 0.25) is 0 Å². The van der Waals surface area contributed by atoms with Crippen molar-refractivity contribution in [2.45, 2.75) is 19.3 Å². The van der Waals surface area contributed by atoms with E-state index in [0.717, 1.165) is 38.7 Å². The third-order valence-corrected chi connectivity index (χ3v) is 3.22. The zero-order valence-corrected chi connectivity index (χ0v) is 11.1. The van der Waals surface area contributed by atoms with Crippen molar-refractivity contribution in [2.75, 3.05) is 46.9 Å². The molecule has 0 aromatic rings. The van der Waals surface area contributed by atoms with E-state index in [9.17, 15) is 0 Å². The molecule has 0 aromatic carbocycles. The monoisotopic (exact) mass is 242 g/mol. The number of hydrogen-bond acceptors (Lipinski definition) is 3. The molecule has 0 bridgehead atoms. The molecule has 5 nitrogen and oxygen atoms in total. The molecule has 17 heavy (non-hydrogen) atoms. The fraction of sp³-hybridized carbons (Fsp3) is 0.917. The van der Waals surface area contributed by atoms with Crippen LogP contribution >= 0.6 is 0 Å². The Morgan fingerprint density at radius 3 is 2.82 bits per heavy atom. The molecule has 1 rings (SSSR count). The number of guanidine groups is 1. The highest BCUT2D eigenvalue weighted by Crippen LogP contribution is 2.26. The number of nitrogens with two attached hydrogens (primary N) is 1. The third-order valence-electron chi connectivity index (χ3n) is 3.22. The Hall–Kier alpha value is -0.810. The second-order valence-electron chi connectivity index (χ2n) is 4.75. The van der Waals surface area contributed by atoms with Crippen molar-refractivity contribution in [1.29, 1.82) is 0 Å². The fourth-order valence-electron chi connectivity index (χ4n) is 1.69. The number of likely N-dealkylation sites (N-methyl/N-ethyl adjacent to an activating group) is 1. The van der Waals surface area contributed by atoms with Gasteiger partial charge in [0.25, 0.3) is 0 Å². The largest absolute Gasteiger partial charge is 0.383 e. The minimum atomic E-state index is 0.581. The van der Waals surface area contributed by atoms with Gasteiger partial charge >= 0.3 is 0 Å². The lowest BCUT2D eigenvalue weighted by molar-refractivity contribution is 0.162. The van der Waals surface area contributed by atoms with Gasteiger partial charge in [-0.1, -0.05) is 6.42 Å². The summed E-state index contributed by atoms with van der Waals surface area (Å²) in [5.41, 5.74) is 5.78. The van der Waals surface area contributed by atoms with Crippen molar-refractivity contribution >= 4 is 5.96 Å². The fourth-order valence-corrected chi connectivity index (χ4v) is 1.69. The standard InChI is InChI=1S/C12H26N4O/c1-16(8-9-17-2)7-6-14-12(13)15-10-11-4-3-5-11/h11H,3-10H2,1-2H3,(H3,13,14,15). The van der Waals surface area contributed by atoms with Gasteiger partial charge in [0.05, 0.1) is 6.61 Å². The average molecular weight is 242 g/mol. The van der Waals surface area contributed by atoms with Gasteiger partial charge in [-0.25, -0.2) is 0 Å². The van der Waals surface area contributed by atoms with Crippen LogP contribution in [0.3, 0.4) is 0 Å². The van der Waals surface area contributed by atoms with Gasteiger partial charge in [-0.3, -0.25) is 4.99 Å². The predicted octanol–water partition coefficient (Wildman–Crippen LogP) is 0.269. The maximum atomic E-state index is 5.78. The minimum Gasteiger partial charge on any atom is -0.383 e. The number of methoxy groups -OCH3 is 1. The minimum absolute atomic E-state index is 0.581. The summed E-state index contributed by atoms with van der Waals surface area (Å²) < 4.78 is 5.01. The number of rotatable bonds is 8. The summed E-state index contributed by atoms with van der Waals surface area (Å²) in [4.78, 5) is 6.55. The molecule has 5 heteroatoms. The van der Waals surface area contributed by atoms with Gasteiger partial charge in [-0.2, -0.15) is 0 Å². The molecular formula is C12H26N4O. The Kier molecular flexibility index (Phi) is 6.96. The molecule has 0 radical (unpaired) electrons. The van der Waals surface area contributed by atoms with E-state index in [0.29, 0.717) is 5.96 Å². The van der Waals surface area contributed by atoms with E-state index >= 15 is 0 Å². The molecule has 0 unspecified atom stereocenters. The Balaban J connectivity index is 2.00. The van der Waals surface area contributed by atoms with E-state index in [1.54, 1.807) is 7.11 Å². The molecule has 3 N–H and O–H groups in total. The van der Waals surface area contributed by atoms with E-state index in [1.807, 2.05) is 0 Å². The van der Waals surface area contributed by atoms with Crippen LogP contribution in [-0.4, -0.2) is 57.8 Å². The maximum Gasteiger partial charge on any atom is 0.188 e. The number of nitrogens with zero attached hydrogens (tertiary/aromatic N) is 2. The number of aliphatic imine (C=N–C) groups is 1. The van der Waals surface area contributed by atoms with Gasteiger partial charge in [0.15, 0.2) is 5.96 Å². The smallest absolute Gasteiger partial charge is 0.188 e. The molecule has 1 aliphatic rings. The van der Waals surface area contributed by atoms with Crippen molar-refractivity contribution in [2.24, 2.45) is 16.6 Å². The Bertz CT molecular complexity index is 229. The third kappa shape index (κ3) is 6.48. The molecule has 0 spiro atoms. The molecule has 1 aliphatic carbocycles. The average Bonchev–Trinajstić information content (AvgIpc) is 2.24. The molecule has 1 saturated carbocycles. The van der Waals surface area contributed by atoms with Crippen LogP contribution in [0.5, 0.6) is 0 Å². The van der Waals surface area contributed by atoms with Gasteiger partial charge in [0.1, 0.15) is 0 Å². The van der Waals surface area contributed by atoms with Gasteiger partial charge in [-0.15, -0.1) is 0 Å². The molecule has 0 amide bonds. The highest BCUT2D eigenvalue weighted by Gasteiger charge is 2.16. The Labute approximate surface area is 104 Å². The summed E-state index contributed by atoms with van der Waals surface area (Å²) >= 11 is 0. The number of ether oxygens (including phenoxy) is 1. The second kappa shape index (κ2) is 8.31. The van der Waals surface area contributed by atoms with Crippen molar-refractivity contribution in [1.82, 2.24) is 10.2 Å². The van der Waals surface area contributed by atoms with E-state index < -0.39 is 0 Å². The van der Waals surface area contributed by atoms with Crippen molar-refractivity contribution in [3.63, 3.8) is 0 Å². The molecule has 100 valence electrons. The molecular weight excluding hydrogens is 216 g/mol. The SMILES string of the molecule is COCCN(C)CCNC(N)=NCC1CCC1. The predicted molar refractivity (Wildman–Crippen MR) is 71.2 cm³/mol. The first-order chi connectivity index (χ1) is 8.22. The van der Waals surface area contributed by atoms with Crippen LogP contribution in [-0.2, 0) is 4.74 Å². The highest BCUT2D eigenvalue weighted by atomic mass is 16.5. The summed E-state index contributed by atoms with van der Waals surface area (Å²) in [6.07, 6.45) is 3.99. The van der Waals surface area contributed by atoms with Gasteiger partial charge in [-0.05, 0) is 25.8 Å². The van der Waals surface area contributed by atoms with Crippen LogP contribution in [0.1, 0.15) is 19.3 Å². The second-order valence-corrected chi connectivity index (χ2v) is 4.75. The number of nitrogens with one attached hydrogen (secondary N) is 1. The molecule has 0 heterocycles. The summed E-state index contributed by atoms with van der Waals surface area (Å²) in [6.45, 7) is 4.38. The van der Waals surface area contributed by atoms with Crippen LogP contribution in [0.25, 0.3) is 0 Å². The van der Waals surface area contributed by atoms with Gasteiger partial charge < -0.3 is 20.7 Å². The quantitative estimate of drug-likeness (QED) is 0.474. The lowest BCUT2D eigenvalue weighted by Gasteiger charge is -2.23. The van der Waals surface area contributed by atoms with E-state index in [-0.39, 0.29) is 0 Å². The number of hydrogen-bond donors (Lipinski definition) is 2. The Morgan fingerprint density at radius 1 is 1.47 bits per heavy atom. The van der Waals surface area contributed by atoms with Crippen molar-refractivity contribution in [3.8, 4) is 0 Å². The zero-order chi connectivity index (χ0) is 12.5. The first kappa shape index (κ1) is 14.3. The van der Waals surface area contributed by atoms with Crippen molar-refractivity contribution in [3.05, 3.63) is 0 Å². The normalized spacial score (nSPS) is 17.2.